The van der Waals surface area contributed by atoms with Gasteiger partial charge in [0, 0.05) is 84.0 Å². The standard InChI is InChI=1S/C33H32FN5O3S/c1-4-28(40)39-19-33(20-39)10-11-38(18-33)32-29(24-7-6-23(34)16-27(24)42-13-12-41-3)31-25(9-14-43-31)30(36-32)21-5-8-26-22(15-21)17-35-37(26)2/h4-9,14-17H,1,10-13,18-20H2,2-3H3. The second-order valence-electron chi connectivity index (χ2n) is 11.4. The molecule has 2 aliphatic rings. The van der Waals surface area contributed by atoms with Crippen LogP contribution in [-0.4, -0.2) is 72.1 Å². The summed E-state index contributed by atoms with van der Waals surface area (Å²) in [5, 5.41) is 8.58. The van der Waals surface area contributed by atoms with Crippen molar-refractivity contribution in [2.24, 2.45) is 12.5 Å². The summed E-state index contributed by atoms with van der Waals surface area (Å²) < 4.78 is 28.7. The molecule has 0 radical (unpaired) electrons. The van der Waals surface area contributed by atoms with E-state index in [-0.39, 0.29) is 17.1 Å². The zero-order chi connectivity index (χ0) is 29.7. The molecule has 0 bridgehead atoms. The normalized spacial score (nSPS) is 15.9. The summed E-state index contributed by atoms with van der Waals surface area (Å²) in [7, 11) is 3.55. The molecule has 5 heterocycles. The molecule has 1 amide bonds. The van der Waals surface area contributed by atoms with Crippen LogP contribution in [0.25, 0.3) is 43.4 Å². The monoisotopic (exact) mass is 597 g/mol. The SMILES string of the molecule is C=CC(=O)N1CC2(CCN(c3nc(-c4ccc5c(cnn5C)c4)c4ccsc4c3-c3ccc(F)cc3OCCOC)C2)C1. The Kier molecular flexibility index (Phi) is 6.90. The van der Waals surface area contributed by atoms with Crippen LogP contribution < -0.4 is 9.64 Å². The number of carbonyl (C=O) groups is 1. The average molecular weight is 598 g/mol. The van der Waals surface area contributed by atoms with Crippen molar-refractivity contribution < 1.29 is 18.7 Å². The van der Waals surface area contributed by atoms with Crippen molar-refractivity contribution in [2.45, 2.75) is 6.42 Å². The highest BCUT2D eigenvalue weighted by molar-refractivity contribution is 7.18. The first-order chi connectivity index (χ1) is 20.9. The first kappa shape index (κ1) is 27.5. The van der Waals surface area contributed by atoms with Crippen molar-refractivity contribution >= 4 is 44.1 Å². The Hall–Kier alpha value is -4.28. The van der Waals surface area contributed by atoms with Gasteiger partial charge in [-0.25, -0.2) is 9.37 Å². The van der Waals surface area contributed by atoms with Crippen LogP contribution in [0.3, 0.4) is 0 Å². The van der Waals surface area contributed by atoms with Gasteiger partial charge in [0.25, 0.3) is 0 Å². The Morgan fingerprint density at radius 2 is 2.02 bits per heavy atom. The van der Waals surface area contributed by atoms with E-state index < -0.39 is 0 Å². The maximum atomic E-state index is 14.5. The number of benzene rings is 2. The van der Waals surface area contributed by atoms with E-state index in [1.165, 1.54) is 18.2 Å². The van der Waals surface area contributed by atoms with Gasteiger partial charge in [-0.05, 0) is 48.2 Å². The van der Waals surface area contributed by atoms with Gasteiger partial charge in [-0.3, -0.25) is 9.48 Å². The van der Waals surface area contributed by atoms with Crippen molar-refractivity contribution in [1.29, 1.82) is 0 Å². The van der Waals surface area contributed by atoms with Crippen molar-refractivity contribution in [3.63, 3.8) is 0 Å². The summed E-state index contributed by atoms with van der Waals surface area (Å²) in [6.07, 6.45) is 4.21. The Labute approximate surface area is 252 Å². The largest absolute Gasteiger partial charge is 0.490 e. The number of methoxy groups -OCH3 is 1. The van der Waals surface area contributed by atoms with E-state index in [2.05, 4.69) is 46.2 Å². The third-order valence-electron chi connectivity index (χ3n) is 8.64. The highest BCUT2D eigenvalue weighted by atomic mass is 32.1. The molecule has 10 heteroatoms. The lowest BCUT2D eigenvalue weighted by atomic mass is 9.79. The molecule has 220 valence electrons. The number of anilines is 1. The molecule has 0 saturated carbocycles. The Morgan fingerprint density at radius 3 is 2.84 bits per heavy atom. The number of aromatic nitrogens is 3. The quantitative estimate of drug-likeness (QED) is 0.164. The van der Waals surface area contributed by atoms with Gasteiger partial charge in [-0.15, -0.1) is 11.3 Å². The first-order valence-electron chi connectivity index (χ1n) is 14.3. The third-order valence-corrected chi connectivity index (χ3v) is 9.57. The fourth-order valence-electron chi connectivity index (χ4n) is 6.49. The predicted molar refractivity (Wildman–Crippen MR) is 168 cm³/mol. The van der Waals surface area contributed by atoms with Crippen LogP contribution in [0.5, 0.6) is 5.75 Å². The van der Waals surface area contributed by atoms with Gasteiger partial charge in [-0.1, -0.05) is 12.6 Å². The van der Waals surface area contributed by atoms with Crippen LogP contribution in [0.4, 0.5) is 10.2 Å². The molecule has 8 nitrogen and oxygen atoms in total. The third kappa shape index (κ3) is 4.74. The molecule has 7 rings (SSSR count). The summed E-state index contributed by atoms with van der Waals surface area (Å²) in [6, 6.07) is 13.1. The number of fused-ring (bicyclic) bond motifs is 2. The van der Waals surface area contributed by atoms with Crippen LogP contribution >= 0.6 is 11.3 Å². The molecule has 0 aliphatic carbocycles. The Balaban J connectivity index is 1.39. The molecule has 1 spiro atoms. The summed E-state index contributed by atoms with van der Waals surface area (Å²) in [5.41, 5.74) is 4.68. The van der Waals surface area contributed by atoms with E-state index in [9.17, 15) is 9.18 Å². The summed E-state index contributed by atoms with van der Waals surface area (Å²) >= 11 is 1.65. The molecule has 0 N–H and O–H groups in total. The zero-order valence-electron chi connectivity index (χ0n) is 24.2. The van der Waals surface area contributed by atoms with Crippen LogP contribution in [0.2, 0.25) is 0 Å². The summed E-state index contributed by atoms with van der Waals surface area (Å²) in [5.74, 6) is 0.903. The number of thiophene rings is 1. The number of pyridine rings is 1. The van der Waals surface area contributed by atoms with E-state index >= 15 is 0 Å². The van der Waals surface area contributed by atoms with Gasteiger partial charge >= 0.3 is 0 Å². The van der Waals surface area contributed by atoms with Gasteiger partial charge in [0.1, 0.15) is 24.0 Å². The maximum Gasteiger partial charge on any atom is 0.245 e. The minimum atomic E-state index is -0.365. The minimum Gasteiger partial charge on any atom is -0.490 e. The fraction of sp³-hybridized carbons (Fsp3) is 0.303. The number of aryl methyl sites for hydroxylation is 1. The van der Waals surface area contributed by atoms with Crippen LogP contribution in [0, 0.1) is 11.2 Å². The van der Waals surface area contributed by atoms with E-state index in [4.69, 9.17) is 14.5 Å². The van der Waals surface area contributed by atoms with E-state index in [1.54, 1.807) is 24.5 Å². The second-order valence-corrected chi connectivity index (χ2v) is 12.3. The highest BCUT2D eigenvalue weighted by Gasteiger charge is 2.49. The van der Waals surface area contributed by atoms with Gasteiger partial charge < -0.3 is 19.3 Å². The average Bonchev–Trinajstić information content (AvgIpc) is 3.75. The van der Waals surface area contributed by atoms with E-state index in [0.29, 0.717) is 32.1 Å². The smallest absolute Gasteiger partial charge is 0.245 e. The Morgan fingerprint density at radius 1 is 1.16 bits per heavy atom. The van der Waals surface area contributed by atoms with E-state index in [1.807, 2.05) is 22.8 Å². The molecule has 2 saturated heterocycles. The maximum absolute atomic E-state index is 14.5. The minimum absolute atomic E-state index is 0.0113. The van der Waals surface area contributed by atoms with Gasteiger partial charge in [0.2, 0.25) is 5.91 Å². The summed E-state index contributed by atoms with van der Waals surface area (Å²) in [6.45, 7) is 7.32. The highest BCUT2D eigenvalue weighted by Crippen LogP contribution is 2.49. The van der Waals surface area contributed by atoms with Gasteiger partial charge in [-0.2, -0.15) is 5.10 Å². The van der Waals surface area contributed by atoms with Crippen LogP contribution in [0.1, 0.15) is 6.42 Å². The number of nitrogens with zero attached hydrogens (tertiary/aromatic N) is 5. The predicted octanol–water partition coefficient (Wildman–Crippen LogP) is 5.91. The second kappa shape index (κ2) is 10.8. The number of amides is 1. The van der Waals surface area contributed by atoms with Crippen LogP contribution in [0.15, 0.2) is 66.7 Å². The van der Waals surface area contributed by atoms with Crippen molar-refractivity contribution in [3.8, 4) is 28.1 Å². The number of likely N-dealkylation sites (tertiary alicyclic amines) is 1. The van der Waals surface area contributed by atoms with Gasteiger partial charge in [0.05, 0.1) is 24.0 Å². The van der Waals surface area contributed by atoms with Crippen molar-refractivity contribution in [3.05, 3.63) is 72.5 Å². The lowest BCUT2D eigenvalue weighted by Gasteiger charge is -2.47. The number of ether oxygens (including phenoxy) is 2. The van der Waals surface area contributed by atoms with E-state index in [0.717, 1.165) is 68.7 Å². The lowest BCUT2D eigenvalue weighted by Crippen LogP contribution is -2.59. The number of hydrogen-bond donors (Lipinski definition) is 0. The van der Waals surface area contributed by atoms with Crippen molar-refractivity contribution in [2.75, 3.05) is 51.4 Å². The number of halogens is 1. The van der Waals surface area contributed by atoms with Gasteiger partial charge in [0.15, 0.2) is 0 Å². The molecule has 2 aromatic carbocycles. The van der Waals surface area contributed by atoms with Crippen LogP contribution in [-0.2, 0) is 16.6 Å². The number of carbonyl (C=O) groups excluding carboxylic acids is 1. The molecule has 2 aliphatic heterocycles. The topological polar surface area (TPSA) is 72.7 Å². The molecule has 5 aromatic rings. The molecule has 3 aromatic heterocycles. The summed E-state index contributed by atoms with van der Waals surface area (Å²) in [4.78, 5) is 21.8. The first-order valence-corrected chi connectivity index (χ1v) is 15.2. The molecular formula is C33H32FN5O3S. The Bertz CT molecular complexity index is 1880. The molecule has 0 unspecified atom stereocenters. The fourth-order valence-corrected chi connectivity index (χ4v) is 7.45. The lowest BCUT2D eigenvalue weighted by molar-refractivity contribution is -0.136. The van der Waals surface area contributed by atoms with Crippen molar-refractivity contribution in [1.82, 2.24) is 19.7 Å². The number of rotatable bonds is 8. The molecule has 43 heavy (non-hydrogen) atoms. The zero-order valence-corrected chi connectivity index (χ0v) is 25.0. The molecular weight excluding hydrogens is 565 g/mol. The molecule has 0 atom stereocenters. The number of hydrogen-bond acceptors (Lipinski definition) is 7. The molecule has 2 fully saturated rings.